The Balaban J connectivity index is 4.58. The summed E-state index contributed by atoms with van der Waals surface area (Å²) in [5.41, 5.74) is 1.25. The Morgan fingerprint density at radius 2 is 2.19 bits per heavy atom. The van der Waals surface area contributed by atoms with Crippen molar-refractivity contribution in [2.75, 3.05) is 7.11 Å². The van der Waals surface area contributed by atoms with Gasteiger partial charge in [-0.1, -0.05) is 18.6 Å². The van der Waals surface area contributed by atoms with Crippen molar-refractivity contribution in [3.05, 3.63) is 36.1 Å². The molecule has 0 N–H and O–H groups in total. The molecule has 0 radical (unpaired) electrons. The maximum absolute atomic E-state index is 10.4. The summed E-state index contributed by atoms with van der Waals surface area (Å²) in [6, 6.07) is 0. The van der Waals surface area contributed by atoms with Gasteiger partial charge in [-0.05, 0) is 37.8 Å². The third kappa shape index (κ3) is 6.23. The predicted molar refractivity (Wildman–Crippen MR) is 68.1 cm³/mol. The van der Waals surface area contributed by atoms with Crippen LogP contribution in [0.4, 0.5) is 0 Å². The Labute approximate surface area is 98.7 Å². The molecule has 0 aliphatic carbocycles. The van der Waals surface area contributed by atoms with Crippen molar-refractivity contribution in [2.45, 2.75) is 33.1 Å². The fourth-order valence-electron chi connectivity index (χ4n) is 1.54. The van der Waals surface area contributed by atoms with E-state index in [1.807, 2.05) is 25.2 Å². The number of carbonyl (C=O) groups is 1. The average molecular weight is 222 g/mol. The number of ether oxygens (including phenoxy) is 1. The molecule has 0 saturated heterocycles. The molecule has 0 amide bonds. The zero-order valence-corrected chi connectivity index (χ0v) is 10.5. The molecule has 2 heteroatoms. The van der Waals surface area contributed by atoms with Crippen LogP contribution in [0, 0.1) is 5.92 Å². The maximum Gasteiger partial charge on any atom is 0.120 e. The van der Waals surface area contributed by atoms with Gasteiger partial charge >= 0.3 is 0 Å². The lowest BCUT2D eigenvalue weighted by atomic mass is 9.96. The van der Waals surface area contributed by atoms with Crippen molar-refractivity contribution >= 4 is 6.29 Å². The molecular formula is C14H22O2. The summed E-state index contributed by atoms with van der Waals surface area (Å²) >= 11 is 0. The van der Waals surface area contributed by atoms with Gasteiger partial charge in [-0.25, -0.2) is 0 Å². The van der Waals surface area contributed by atoms with Gasteiger partial charge in [0.25, 0.3) is 0 Å². The minimum atomic E-state index is 0.374. The van der Waals surface area contributed by atoms with Crippen molar-refractivity contribution in [2.24, 2.45) is 5.92 Å². The Hall–Kier alpha value is -1.31. The highest BCUT2D eigenvalue weighted by atomic mass is 16.5. The van der Waals surface area contributed by atoms with E-state index in [0.29, 0.717) is 12.3 Å². The number of carbonyl (C=O) groups excluding carboxylic acids is 1. The van der Waals surface area contributed by atoms with Gasteiger partial charge < -0.3 is 9.53 Å². The summed E-state index contributed by atoms with van der Waals surface area (Å²) in [6.07, 6.45) is 9.16. The third-order valence-corrected chi connectivity index (χ3v) is 2.38. The molecule has 90 valence electrons. The molecule has 0 aliphatic heterocycles. The van der Waals surface area contributed by atoms with E-state index < -0.39 is 0 Å². The predicted octanol–water partition coefficient (Wildman–Crippen LogP) is 3.65. The van der Waals surface area contributed by atoms with Crippen molar-refractivity contribution in [1.82, 2.24) is 0 Å². The summed E-state index contributed by atoms with van der Waals surface area (Å²) in [5.74, 6) is 1.23. The van der Waals surface area contributed by atoms with Gasteiger partial charge in [0.2, 0.25) is 0 Å². The molecule has 0 aromatic heterocycles. The molecule has 0 heterocycles. The standard InChI is InChI=1S/C14H22O2/c1-5-7-13(10-12(3)8-9-15)11-14(6-2)16-4/h5-6,9,11-12H,1,7-8,10H2,2-4H3/b13-11+,14-6+. The van der Waals surface area contributed by atoms with Crippen LogP contribution in [0.3, 0.4) is 0 Å². The summed E-state index contributed by atoms with van der Waals surface area (Å²) in [5, 5.41) is 0. The Morgan fingerprint density at radius 1 is 1.50 bits per heavy atom. The van der Waals surface area contributed by atoms with Gasteiger partial charge in [0.15, 0.2) is 0 Å². The van der Waals surface area contributed by atoms with Crippen molar-refractivity contribution in [1.29, 1.82) is 0 Å². The second-order valence-electron chi connectivity index (χ2n) is 3.90. The minimum Gasteiger partial charge on any atom is -0.497 e. The molecule has 0 aromatic carbocycles. The Bertz CT molecular complexity index is 274. The van der Waals surface area contributed by atoms with E-state index in [2.05, 4.69) is 13.5 Å². The molecule has 0 aromatic rings. The summed E-state index contributed by atoms with van der Waals surface area (Å²) in [4.78, 5) is 10.4. The second-order valence-corrected chi connectivity index (χ2v) is 3.90. The van der Waals surface area contributed by atoms with Crippen LogP contribution in [0.5, 0.6) is 0 Å². The Morgan fingerprint density at radius 3 is 2.62 bits per heavy atom. The number of hydrogen-bond acceptors (Lipinski definition) is 2. The summed E-state index contributed by atoms with van der Waals surface area (Å²) in [7, 11) is 1.66. The first kappa shape index (κ1) is 14.7. The van der Waals surface area contributed by atoms with Crippen LogP contribution in [0.2, 0.25) is 0 Å². The summed E-state index contributed by atoms with van der Waals surface area (Å²) in [6.45, 7) is 7.76. The second kappa shape index (κ2) is 8.96. The lowest BCUT2D eigenvalue weighted by Gasteiger charge is -2.11. The minimum absolute atomic E-state index is 0.374. The molecule has 0 aliphatic rings. The van der Waals surface area contributed by atoms with E-state index in [-0.39, 0.29) is 0 Å². The van der Waals surface area contributed by atoms with E-state index in [0.717, 1.165) is 24.9 Å². The number of rotatable bonds is 8. The molecule has 1 unspecified atom stereocenters. The van der Waals surface area contributed by atoms with Crippen LogP contribution in [0.15, 0.2) is 36.1 Å². The fourth-order valence-corrected chi connectivity index (χ4v) is 1.54. The van der Waals surface area contributed by atoms with Crippen LogP contribution < -0.4 is 0 Å². The number of methoxy groups -OCH3 is 1. The lowest BCUT2D eigenvalue weighted by molar-refractivity contribution is -0.108. The van der Waals surface area contributed by atoms with E-state index in [9.17, 15) is 4.79 Å². The highest BCUT2D eigenvalue weighted by Gasteiger charge is 2.05. The van der Waals surface area contributed by atoms with E-state index in [1.165, 1.54) is 5.57 Å². The Kier molecular flexibility index (Phi) is 8.22. The largest absolute Gasteiger partial charge is 0.497 e. The maximum atomic E-state index is 10.4. The normalized spacial score (nSPS) is 14.4. The zero-order valence-electron chi connectivity index (χ0n) is 10.5. The van der Waals surface area contributed by atoms with Crippen LogP contribution in [-0.2, 0) is 9.53 Å². The van der Waals surface area contributed by atoms with Crippen molar-refractivity contribution < 1.29 is 9.53 Å². The SMILES string of the molecule is C=CC/C(=C\C(=C/C)OC)CC(C)CC=O. The highest BCUT2D eigenvalue weighted by molar-refractivity contribution is 5.49. The first-order chi connectivity index (χ1) is 7.67. The molecule has 16 heavy (non-hydrogen) atoms. The van der Waals surface area contributed by atoms with Crippen LogP contribution >= 0.6 is 0 Å². The van der Waals surface area contributed by atoms with Gasteiger partial charge in [0, 0.05) is 6.42 Å². The first-order valence-electron chi connectivity index (χ1n) is 5.62. The average Bonchev–Trinajstić information content (AvgIpc) is 2.26. The molecule has 1 atom stereocenters. The third-order valence-electron chi connectivity index (χ3n) is 2.38. The van der Waals surface area contributed by atoms with Crippen LogP contribution in [-0.4, -0.2) is 13.4 Å². The fraction of sp³-hybridized carbons (Fsp3) is 0.500. The van der Waals surface area contributed by atoms with Gasteiger partial charge in [-0.3, -0.25) is 0 Å². The smallest absolute Gasteiger partial charge is 0.120 e. The molecule has 0 fully saturated rings. The molecule has 0 spiro atoms. The van der Waals surface area contributed by atoms with Crippen molar-refractivity contribution in [3.63, 3.8) is 0 Å². The number of hydrogen-bond donors (Lipinski definition) is 0. The molecule has 2 nitrogen and oxygen atoms in total. The van der Waals surface area contributed by atoms with Crippen LogP contribution in [0.25, 0.3) is 0 Å². The first-order valence-corrected chi connectivity index (χ1v) is 5.62. The van der Waals surface area contributed by atoms with Crippen molar-refractivity contribution in [3.8, 4) is 0 Å². The molecule has 0 rings (SSSR count). The van der Waals surface area contributed by atoms with Gasteiger partial charge in [-0.2, -0.15) is 0 Å². The number of allylic oxidation sites excluding steroid dienone is 4. The van der Waals surface area contributed by atoms with Crippen LogP contribution in [0.1, 0.15) is 33.1 Å². The molecular weight excluding hydrogens is 200 g/mol. The van der Waals surface area contributed by atoms with E-state index >= 15 is 0 Å². The quantitative estimate of drug-likeness (QED) is 0.271. The molecule has 0 bridgehead atoms. The van der Waals surface area contributed by atoms with Gasteiger partial charge in [0.05, 0.1) is 7.11 Å². The lowest BCUT2D eigenvalue weighted by Crippen LogP contribution is -1.98. The summed E-state index contributed by atoms with van der Waals surface area (Å²) < 4.78 is 5.20. The monoisotopic (exact) mass is 222 g/mol. The molecule has 0 saturated carbocycles. The van der Waals surface area contributed by atoms with Gasteiger partial charge in [0.1, 0.15) is 12.0 Å². The van der Waals surface area contributed by atoms with E-state index in [4.69, 9.17) is 4.74 Å². The van der Waals surface area contributed by atoms with Gasteiger partial charge in [-0.15, -0.1) is 6.58 Å². The highest BCUT2D eigenvalue weighted by Crippen LogP contribution is 2.19. The zero-order chi connectivity index (χ0) is 12.4. The van der Waals surface area contributed by atoms with E-state index in [1.54, 1.807) is 7.11 Å². The number of aldehydes is 1. The topological polar surface area (TPSA) is 26.3 Å².